The molecule has 0 aliphatic rings. The topological polar surface area (TPSA) is 56.1 Å². The van der Waals surface area contributed by atoms with E-state index in [1.807, 2.05) is 38.2 Å². The van der Waals surface area contributed by atoms with Gasteiger partial charge in [0.25, 0.3) is 5.91 Å². The predicted octanol–water partition coefficient (Wildman–Crippen LogP) is 4.98. The Morgan fingerprint density at radius 1 is 1.22 bits per heavy atom. The minimum atomic E-state index is -0.202. The number of hydrogen-bond acceptors (Lipinski definition) is 3. The first-order chi connectivity index (χ1) is 13.0. The van der Waals surface area contributed by atoms with Crippen LogP contribution in [0.25, 0.3) is 11.1 Å². The molecule has 5 nitrogen and oxygen atoms in total. The number of amides is 1. The van der Waals surface area contributed by atoms with Crippen LogP contribution in [0, 0.1) is 6.92 Å². The predicted molar refractivity (Wildman–Crippen MR) is 111 cm³/mol. The summed E-state index contributed by atoms with van der Waals surface area (Å²) >= 11 is 3.45. The van der Waals surface area contributed by atoms with Gasteiger partial charge in [0.1, 0.15) is 18.2 Å². The van der Waals surface area contributed by atoms with Gasteiger partial charge in [-0.05, 0) is 48.9 Å². The first-order valence-corrected chi connectivity index (χ1v) is 9.23. The van der Waals surface area contributed by atoms with Crippen molar-refractivity contribution in [2.45, 2.75) is 6.92 Å². The van der Waals surface area contributed by atoms with Crippen LogP contribution in [0.2, 0.25) is 0 Å². The van der Waals surface area contributed by atoms with Gasteiger partial charge in [-0.1, -0.05) is 40.7 Å². The lowest BCUT2D eigenvalue weighted by Gasteiger charge is -2.10. The number of aryl methyl sites for hydroxylation is 2. The molecule has 27 heavy (non-hydrogen) atoms. The van der Waals surface area contributed by atoms with Crippen molar-refractivity contribution in [1.82, 2.24) is 9.78 Å². The Balaban J connectivity index is 1.86. The Hall–Kier alpha value is -2.86. The average Bonchev–Trinajstić information content (AvgIpc) is 2.94. The summed E-state index contributed by atoms with van der Waals surface area (Å²) in [7, 11) is 1.82. The van der Waals surface area contributed by atoms with Crippen molar-refractivity contribution in [3.63, 3.8) is 0 Å². The number of benzene rings is 2. The Morgan fingerprint density at radius 3 is 2.52 bits per heavy atom. The third-order valence-corrected chi connectivity index (χ3v) is 4.60. The summed E-state index contributed by atoms with van der Waals surface area (Å²) < 4.78 is 8.13. The lowest BCUT2D eigenvalue weighted by atomic mass is 10.1. The van der Waals surface area contributed by atoms with E-state index < -0.39 is 0 Å². The number of nitrogens with one attached hydrogen (secondary N) is 1. The van der Waals surface area contributed by atoms with Crippen LogP contribution < -0.4 is 10.1 Å². The minimum Gasteiger partial charge on any atom is -0.490 e. The Kier molecular flexibility index (Phi) is 5.76. The molecule has 0 aliphatic carbocycles. The molecule has 0 aliphatic heterocycles. The van der Waals surface area contributed by atoms with Crippen LogP contribution in [-0.2, 0) is 7.05 Å². The summed E-state index contributed by atoms with van der Waals surface area (Å²) in [5.41, 5.74) is 3.29. The Labute approximate surface area is 166 Å². The summed E-state index contributed by atoms with van der Waals surface area (Å²) in [4.78, 5) is 12.7. The van der Waals surface area contributed by atoms with Crippen LogP contribution in [-0.4, -0.2) is 22.3 Å². The van der Waals surface area contributed by atoms with Crippen molar-refractivity contribution in [1.29, 1.82) is 0 Å². The number of aromatic nitrogens is 2. The van der Waals surface area contributed by atoms with Gasteiger partial charge in [0.15, 0.2) is 0 Å². The molecule has 1 amide bonds. The van der Waals surface area contributed by atoms with Crippen molar-refractivity contribution in [2.75, 3.05) is 11.9 Å². The van der Waals surface area contributed by atoms with Crippen LogP contribution in [0.15, 0.2) is 65.7 Å². The quantitative estimate of drug-likeness (QED) is 0.566. The maximum Gasteiger partial charge on any atom is 0.256 e. The fourth-order valence-electron chi connectivity index (χ4n) is 2.80. The molecule has 3 aromatic rings. The third-order valence-electron chi connectivity index (χ3n) is 4.07. The highest BCUT2D eigenvalue weighted by Crippen LogP contribution is 2.32. The molecule has 138 valence electrons. The van der Waals surface area contributed by atoms with E-state index in [1.54, 1.807) is 35.0 Å². The third kappa shape index (κ3) is 4.28. The van der Waals surface area contributed by atoms with Gasteiger partial charge in [-0.15, -0.1) is 0 Å². The zero-order valence-electron chi connectivity index (χ0n) is 15.2. The van der Waals surface area contributed by atoms with Crippen LogP contribution >= 0.6 is 15.9 Å². The summed E-state index contributed by atoms with van der Waals surface area (Å²) in [6.07, 6.45) is 1.68. The van der Waals surface area contributed by atoms with Gasteiger partial charge in [-0.2, -0.15) is 5.10 Å². The number of carbonyl (C=O) groups excluding carboxylic acids is 1. The van der Waals surface area contributed by atoms with E-state index in [4.69, 9.17) is 4.74 Å². The van der Waals surface area contributed by atoms with Crippen LogP contribution in [0.4, 0.5) is 5.82 Å². The summed E-state index contributed by atoms with van der Waals surface area (Å²) in [6.45, 7) is 5.97. The standard InChI is InChI=1S/C21H20BrN3O2/c1-4-13-27-18-11-7-16(8-12-18)21(26)23-20-19(14(2)24-25(20)3)15-5-9-17(22)10-6-15/h4-12H,1,13H2,2-3H3,(H,23,26). The lowest BCUT2D eigenvalue weighted by molar-refractivity contribution is 0.102. The van der Waals surface area contributed by atoms with Crippen LogP contribution in [0.5, 0.6) is 5.75 Å². The number of carbonyl (C=O) groups is 1. The highest BCUT2D eigenvalue weighted by atomic mass is 79.9. The van der Waals surface area contributed by atoms with Crippen molar-refractivity contribution < 1.29 is 9.53 Å². The summed E-state index contributed by atoms with van der Waals surface area (Å²) in [6, 6.07) is 14.9. The van der Waals surface area contributed by atoms with Crippen molar-refractivity contribution in [3.8, 4) is 16.9 Å². The molecule has 2 aromatic carbocycles. The van der Waals surface area contributed by atoms with Gasteiger partial charge >= 0.3 is 0 Å². The van der Waals surface area contributed by atoms with E-state index in [-0.39, 0.29) is 5.91 Å². The number of rotatable bonds is 6. The van der Waals surface area contributed by atoms with Gasteiger partial charge in [0.2, 0.25) is 0 Å². The second-order valence-electron chi connectivity index (χ2n) is 6.02. The SMILES string of the molecule is C=CCOc1ccc(C(=O)Nc2c(-c3ccc(Br)cc3)c(C)nn2C)cc1. The van der Waals surface area contributed by atoms with E-state index in [0.29, 0.717) is 23.7 Å². The van der Waals surface area contributed by atoms with Crippen molar-refractivity contribution >= 4 is 27.7 Å². The van der Waals surface area contributed by atoms with Crippen LogP contribution in [0.3, 0.4) is 0 Å². The molecule has 0 unspecified atom stereocenters. The summed E-state index contributed by atoms with van der Waals surface area (Å²) in [5, 5.41) is 7.45. The van der Waals surface area contributed by atoms with E-state index in [1.165, 1.54) is 0 Å². The van der Waals surface area contributed by atoms with E-state index >= 15 is 0 Å². The van der Waals surface area contributed by atoms with E-state index in [2.05, 4.69) is 32.9 Å². The first-order valence-electron chi connectivity index (χ1n) is 8.44. The zero-order chi connectivity index (χ0) is 19.4. The first kappa shape index (κ1) is 18.9. The number of nitrogens with zero attached hydrogens (tertiary/aromatic N) is 2. The molecule has 0 spiro atoms. The smallest absolute Gasteiger partial charge is 0.256 e. The molecule has 0 bridgehead atoms. The van der Waals surface area contributed by atoms with Gasteiger partial charge < -0.3 is 10.1 Å². The molecule has 6 heteroatoms. The van der Waals surface area contributed by atoms with Gasteiger partial charge in [-0.3, -0.25) is 9.48 Å². The fourth-order valence-corrected chi connectivity index (χ4v) is 3.07. The molecule has 0 atom stereocenters. The highest BCUT2D eigenvalue weighted by molar-refractivity contribution is 9.10. The maximum absolute atomic E-state index is 12.7. The zero-order valence-corrected chi connectivity index (χ0v) is 16.8. The van der Waals surface area contributed by atoms with Crippen molar-refractivity contribution in [2.24, 2.45) is 7.05 Å². The van der Waals surface area contributed by atoms with E-state index in [9.17, 15) is 4.79 Å². The molecule has 3 rings (SSSR count). The lowest BCUT2D eigenvalue weighted by Crippen LogP contribution is -2.15. The number of ether oxygens (including phenoxy) is 1. The summed E-state index contributed by atoms with van der Waals surface area (Å²) in [5.74, 6) is 1.15. The highest BCUT2D eigenvalue weighted by Gasteiger charge is 2.18. The van der Waals surface area contributed by atoms with Gasteiger partial charge in [0, 0.05) is 22.6 Å². The van der Waals surface area contributed by atoms with E-state index in [0.717, 1.165) is 21.3 Å². The number of anilines is 1. The van der Waals surface area contributed by atoms with Gasteiger partial charge in [0.05, 0.1) is 5.69 Å². The molecule has 1 N–H and O–H groups in total. The molecule has 0 saturated heterocycles. The molecule has 0 saturated carbocycles. The molecule has 1 heterocycles. The van der Waals surface area contributed by atoms with Gasteiger partial charge in [-0.25, -0.2) is 0 Å². The molecule has 0 radical (unpaired) electrons. The average molecular weight is 426 g/mol. The number of halogens is 1. The Bertz CT molecular complexity index is 960. The number of hydrogen-bond donors (Lipinski definition) is 1. The molecular formula is C21H20BrN3O2. The minimum absolute atomic E-state index is 0.202. The van der Waals surface area contributed by atoms with Crippen LogP contribution in [0.1, 0.15) is 16.1 Å². The second kappa shape index (κ2) is 8.22. The fraction of sp³-hybridized carbons (Fsp3) is 0.143. The Morgan fingerprint density at radius 2 is 1.89 bits per heavy atom. The monoisotopic (exact) mass is 425 g/mol. The normalized spacial score (nSPS) is 10.5. The molecule has 0 fully saturated rings. The van der Waals surface area contributed by atoms with Crippen molar-refractivity contribution in [3.05, 3.63) is 76.9 Å². The largest absolute Gasteiger partial charge is 0.490 e. The maximum atomic E-state index is 12.7. The molecular weight excluding hydrogens is 406 g/mol. The second-order valence-corrected chi connectivity index (χ2v) is 6.93. The molecule has 1 aromatic heterocycles.